The van der Waals surface area contributed by atoms with Crippen LogP contribution in [-0.4, -0.2) is 35.2 Å². The zero-order valence-electron chi connectivity index (χ0n) is 10.7. The lowest BCUT2D eigenvalue weighted by atomic mass is 10.3. The number of amides is 1. The van der Waals surface area contributed by atoms with Gasteiger partial charge in [-0.15, -0.1) is 0 Å². The zero-order chi connectivity index (χ0) is 13.4. The third kappa shape index (κ3) is 5.22. The van der Waals surface area contributed by atoms with Crippen LogP contribution in [0.2, 0.25) is 0 Å². The first kappa shape index (κ1) is 14.6. The van der Waals surface area contributed by atoms with E-state index >= 15 is 0 Å². The normalized spacial score (nSPS) is 10.1. The van der Waals surface area contributed by atoms with E-state index in [0.29, 0.717) is 29.8 Å². The predicted molar refractivity (Wildman–Crippen MR) is 74.6 cm³/mol. The summed E-state index contributed by atoms with van der Waals surface area (Å²) in [5, 5.41) is 6.49. The molecular weight excluding hydrogens is 250 g/mol. The Balaban J connectivity index is 2.39. The fraction of sp³-hybridized carbons (Fsp3) is 0.545. The Morgan fingerprint density at radius 3 is 2.89 bits per heavy atom. The van der Waals surface area contributed by atoms with E-state index in [9.17, 15) is 4.79 Å². The molecule has 1 rings (SSSR count). The lowest BCUT2D eigenvalue weighted by molar-refractivity contribution is -0.120. The molecule has 0 unspecified atom stereocenters. The number of anilines is 2. The molecule has 0 aliphatic carbocycles. The molecule has 1 aromatic rings. The molecule has 0 atom stereocenters. The molecule has 0 saturated heterocycles. The first-order valence-electron chi connectivity index (χ1n) is 5.84. The van der Waals surface area contributed by atoms with Crippen LogP contribution < -0.4 is 16.4 Å². The molecule has 0 bridgehead atoms. The first-order valence-corrected chi connectivity index (χ1v) is 7.07. The summed E-state index contributed by atoms with van der Waals surface area (Å²) in [7, 11) is 0. The largest absolute Gasteiger partial charge is 0.383 e. The smallest absolute Gasteiger partial charge is 0.221 e. The minimum Gasteiger partial charge on any atom is -0.383 e. The number of nitrogens with one attached hydrogen (secondary N) is 2. The highest BCUT2D eigenvalue weighted by Crippen LogP contribution is 2.14. The van der Waals surface area contributed by atoms with E-state index in [2.05, 4.69) is 20.6 Å². The number of aromatic nitrogens is 2. The van der Waals surface area contributed by atoms with E-state index in [1.807, 2.05) is 13.2 Å². The first-order chi connectivity index (χ1) is 8.65. The van der Waals surface area contributed by atoms with E-state index in [4.69, 9.17) is 5.73 Å². The van der Waals surface area contributed by atoms with Crippen molar-refractivity contribution in [2.24, 2.45) is 0 Å². The third-order valence-electron chi connectivity index (χ3n) is 2.14. The van der Waals surface area contributed by atoms with Crippen LogP contribution in [0.25, 0.3) is 0 Å². The van der Waals surface area contributed by atoms with Gasteiger partial charge in [0, 0.05) is 25.6 Å². The van der Waals surface area contributed by atoms with Gasteiger partial charge in [-0.3, -0.25) is 4.79 Å². The summed E-state index contributed by atoms with van der Waals surface area (Å²) >= 11 is 1.43. The fourth-order valence-electron chi connectivity index (χ4n) is 1.28. The Hall–Kier alpha value is -1.50. The van der Waals surface area contributed by atoms with Gasteiger partial charge in [-0.05, 0) is 12.7 Å². The average Bonchev–Trinajstić information content (AvgIpc) is 2.35. The molecule has 0 aromatic carbocycles. The molecule has 0 fully saturated rings. The van der Waals surface area contributed by atoms with Gasteiger partial charge in [0.25, 0.3) is 0 Å². The maximum Gasteiger partial charge on any atom is 0.221 e. The Labute approximate surface area is 111 Å². The third-order valence-corrected chi connectivity index (χ3v) is 2.69. The Kier molecular flexibility index (Phi) is 6.27. The van der Waals surface area contributed by atoms with Crippen LogP contribution in [0.3, 0.4) is 0 Å². The van der Waals surface area contributed by atoms with Crippen LogP contribution in [-0.2, 0) is 4.79 Å². The van der Waals surface area contributed by atoms with Crippen molar-refractivity contribution >= 4 is 29.3 Å². The van der Waals surface area contributed by atoms with E-state index in [0.717, 1.165) is 13.0 Å². The van der Waals surface area contributed by atoms with Crippen LogP contribution in [0.15, 0.2) is 11.2 Å². The van der Waals surface area contributed by atoms with Crippen LogP contribution in [0.4, 0.5) is 11.6 Å². The zero-order valence-corrected chi connectivity index (χ0v) is 11.5. The number of rotatable bonds is 7. The summed E-state index contributed by atoms with van der Waals surface area (Å²) in [5.74, 6) is 1.11. The Bertz CT molecular complexity index is 399. The maximum absolute atomic E-state index is 11.4. The van der Waals surface area contributed by atoms with E-state index in [-0.39, 0.29) is 5.91 Å². The molecular formula is C11H19N5OS. The highest BCUT2D eigenvalue weighted by atomic mass is 32.2. The summed E-state index contributed by atoms with van der Waals surface area (Å²) in [6.07, 6.45) is 3.24. The topological polar surface area (TPSA) is 92.9 Å². The van der Waals surface area contributed by atoms with Crippen molar-refractivity contribution in [1.82, 2.24) is 15.3 Å². The number of nitrogens with two attached hydrogens (primary N) is 1. The highest BCUT2D eigenvalue weighted by molar-refractivity contribution is 7.98. The van der Waals surface area contributed by atoms with Gasteiger partial charge in [-0.25, -0.2) is 9.97 Å². The van der Waals surface area contributed by atoms with Crippen molar-refractivity contribution in [3.05, 3.63) is 6.07 Å². The number of nitrogen functional groups attached to an aromatic ring is 1. The summed E-state index contributed by atoms with van der Waals surface area (Å²) in [6.45, 7) is 3.27. The Morgan fingerprint density at radius 2 is 2.22 bits per heavy atom. The number of nitrogens with zero attached hydrogens (tertiary/aromatic N) is 2. The van der Waals surface area contributed by atoms with E-state index in [1.54, 1.807) is 6.07 Å². The van der Waals surface area contributed by atoms with Gasteiger partial charge in [-0.2, -0.15) is 0 Å². The highest BCUT2D eigenvalue weighted by Gasteiger charge is 2.03. The number of thioether (sulfide) groups is 1. The minimum atomic E-state index is 0.0384. The number of carbonyl (C=O) groups excluding carboxylic acids is 1. The molecule has 1 aromatic heterocycles. The quantitative estimate of drug-likeness (QED) is 0.507. The van der Waals surface area contributed by atoms with Gasteiger partial charge >= 0.3 is 0 Å². The molecule has 0 spiro atoms. The summed E-state index contributed by atoms with van der Waals surface area (Å²) < 4.78 is 0. The molecule has 18 heavy (non-hydrogen) atoms. The van der Waals surface area contributed by atoms with Crippen molar-refractivity contribution in [2.75, 3.05) is 30.4 Å². The van der Waals surface area contributed by atoms with Crippen LogP contribution in [0, 0.1) is 0 Å². The van der Waals surface area contributed by atoms with Gasteiger partial charge in [0.1, 0.15) is 11.6 Å². The van der Waals surface area contributed by atoms with Gasteiger partial charge in [0.15, 0.2) is 5.16 Å². The molecule has 4 N–H and O–H groups in total. The van der Waals surface area contributed by atoms with Crippen molar-refractivity contribution in [2.45, 2.75) is 24.9 Å². The second-order valence-corrected chi connectivity index (χ2v) is 4.46. The average molecular weight is 269 g/mol. The van der Waals surface area contributed by atoms with Crippen molar-refractivity contribution < 1.29 is 4.79 Å². The predicted octanol–water partition coefficient (Wildman–Crippen LogP) is 1.11. The van der Waals surface area contributed by atoms with Gasteiger partial charge in [0.05, 0.1) is 0 Å². The number of hydrogen-bond acceptors (Lipinski definition) is 6. The van der Waals surface area contributed by atoms with Crippen LogP contribution in [0.1, 0.15) is 19.8 Å². The molecule has 0 aliphatic heterocycles. The Morgan fingerprint density at radius 1 is 1.44 bits per heavy atom. The van der Waals surface area contributed by atoms with Crippen molar-refractivity contribution in [1.29, 1.82) is 0 Å². The molecule has 0 radical (unpaired) electrons. The van der Waals surface area contributed by atoms with Gasteiger partial charge in [-0.1, -0.05) is 18.7 Å². The number of hydrogen-bond donors (Lipinski definition) is 3. The second-order valence-electron chi connectivity index (χ2n) is 3.69. The summed E-state index contributed by atoms with van der Waals surface area (Å²) in [4.78, 5) is 19.7. The van der Waals surface area contributed by atoms with Gasteiger partial charge < -0.3 is 16.4 Å². The van der Waals surface area contributed by atoms with Crippen LogP contribution >= 0.6 is 11.8 Å². The second kappa shape index (κ2) is 7.75. The standard InChI is InChI=1S/C11H19N5OS/c1-3-5-14-10(17)4-6-13-9-7-8(12)15-11(16-9)18-2/h7H,3-6H2,1-2H3,(H,14,17)(H3,12,13,15,16). The van der Waals surface area contributed by atoms with E-state index < -0.39 is 0 Å². The van der Waals surface area contributed by atoms with Crippen LogP contribution in [0.5, 0.6) is 0 Å². The van der Waals surface area contributed by atoms with Crippen molar-refractivity contribution in [3.8, 4) is 0 Å². The minimum absolute atomic E-state index is 0.0384. The lowest BCUT2D eigenvalue weighted by Gasteiger charge is -2.07. The molecule has 1 amide bonds. The molecule has 6 nitrogen and oxygen atoms in total. The fourth-order valence-corrected chi connectivity index (χ4v) is 1.67. The van der Waals surface area contributed by atoms with Gasteiger partial charge in [0.2, 0.25) is 5.91 Å². The molecule has 1 heterocycles. The lowest BCUT2D eigenvalue weighted by Crippen LogP contribution is -2.26. The summed E-state index contributed by atoms with van der Waals surface area (Å²) in [5.41, 5.74) is 5.65. The maximum atomic E-state index is 11.4. The molecule has 100 valence electrons. The molecule has 0 saturated carbocycles. The molecule has 7 heteroatoms. The summed E-state index contributed by atoms with van der Waals surface area (Å²) in [6, 6.07) is 1.66. The monoisotopic (exact) mass is 269 g/mol. The van der Waals surface area contributed by atoms with E-state index in [1.165, 1.54) is 11.8 Å². The molecule has 0 aliphatic rings. The van der Waals surface area contributed by atoms with Crippen molar-refractivity contribution in [3.63, 3.8) is 0 Å². The number of carbonyl (C=O) groups is 1. The SMILES string of the molecule is CCCNC(=O)CCNc1cc(N)nc(SC)n1.